The summed E-state index contributed by atoms with van der Waals surface area (Å²) in [5.41, 5.74) is 0. The smallest absolute Gasteiger partial charge is 0.111 e. The van der Waals surface area contributed by atoms with Crippen LogP contribution in [0.4, 0.5) is 0 Å². The van der Waals surface area contributed by atoms with E-state index < -0.39 is 0 Å². The summed E-state index contributed by atoms with van der Waals surface area (Å²) < 4.78 is -0.0497. The van der Waals surface area contributed by atoms with Crippen LogP contribution in [0.1, 0.15) is 33.1 Å². The standard InChI is InChI=1S/C9H14IN/c1-3-8-4-7(2)5-9(8,10)6-11/h7-8H,3-5H2,1-2H3. The molecular formula is C9H14IN. The van der Waals surface area contributed by atoms with Crippen LogP contribution in [0.15, 0.2) is 0 Å². The summed E-state index contributed by atoms with van der Waals surface area (Å²) in [5.74, 6) is 1.37. The maximum absolute atomic E-state index is 8.99. The molecule has 1 nitrogen and oxygen atoms in total. The first-order chi connectivity index (χ1) is 5.12. The van der Waals surface area contributed by atoms with Crippen LogP contribution in [0.3, 0.4) is 0 Å². The quantitative estimate of drug-likeness (QED) is 0.526. The fraction of sp³-hybridized carbons (Fsp3) is 0.889. The Hall–Kier alpha value is 0.220. The zero-order chi connectivity index (χ0) is 8.48. The minimum atomic E-state index is -0.0497. The summed E-state index contributed by atoms with van der Waals surface area (Å²) >= 11 is 2.35. The van der Waals surface area contributed by atoms with Gasteiger partial charge < -0.3 is 0 Å². The lowest BCUT2D eigenvalue weighted by atomic mass is 9.95. The number of nitrogens with zero attached hydrogens (tertiary/aromatic N) is 1. The fourth-order valence-corrected chi connectivity index (χ4v) is 3.50. The predicted octanol–water partition coefficient (Wildman–Crippen LogP) is 3.14. The van der Waals surface area contributed by atoms with Gasteiger partial charge in [-0.05, 0) is 24.7 Å². The van der Waals surface area contributed by atoms with E-state index in [0.29, 0.717) is 5.92 Å². The Morgan fingerprint density at radius 2 is 2.36 bits per heavy atom. The lowest BCUT2D eigenvalue weighted by molar-refractivity contribution is 0.485. The van der Waals surface area contributed by atoms with Gasteiger partial charge in [0.25, 0.3) is 0 Å². The van der Waals surface area contributed by atoms with Crippen LogP contribution >= 0.6 is 22.6 Å². The van der Waals surface area contributed by atoms with Crippen molar-refractivity contribution in [2.75, 3.05) is 0 Å². The summed E-state index contributed by atoms with van der Waals surface area (Å²) in [4.78, 5) is 0. The van der Waals surface area contributed by atoms with E-state index >= 15 is 0 Å². The Labute approximate surface area is 82.3 Å². The Morgan fingerprint density at radius 1 is 1.73 bits per heavy atom. The number of hydrogen-bond donors (Lipinski definition) is 0. The SMILES string of the molecule is CCC1CC(C)CC1(I)C#N. The first-order valence-corrected chi connectivity index (χ1v) is 5.30. The predicted molar refractivity (Wildman–Crippen MR) is 54.5 cm³/mol. The van der Waals surface area contributed by atoms with E-state index in [1.54, 1.807) is 0 Å². The molecule has 0 N–H and O–H groups in total. The molecule has 0 saturated heterocycles. The van der Waals surface area contributed by atoms with Gasteiger partial charge in [0.1, 0.15) is 3.42 Å². The number of rotatable bonds is 1. The van der Waals surface area contributed by atoms with E-state index in [2.05, 4.69) is 42.5 Å². The molecule has 11 heavy (non-hydrogen) atoms. The van der Waals surface area contributed by atoms with E-state index in [9.17, 15) is 0 Å². The molecule has 3 unspecified atom stereocenters. The molecule has 0 heterocycles. The molecule has 0 radical (unpaired) electrons. The lowest BCUT2D eigenvalue weighted by Gasteiger charge is -2.19. The van der Waals surface area contributed by atoms with Gasteiger partial charge in [-0.2, -0.15) is 5.26 Å². The average molecular weight is 263 g/mol. The molecule has 0 bridgehead atoms. The topological polar surface area (TPSA) is 23.8 Å². The molecule has 1 saturated carbocycles. The van der Waals surface area contributed by atoms with Crippen LogP contribution < -0.4 is 0 Å². The van der Waals surface area contributed by atoms with Gasteiger partial charge in [-0.15, -0.1) is 0 Å². The van der Waals surface area contributed by atoms with Gasteiger partial charge in [-0.25, -0.2) is 0 Å². The zero-order valence-corrected chi connectivity index (χ0v) is 9.26. The third-order valence-electron chi connectivity index (χ3n) is 2.66. The second-order valence-electron chi connectivity index (χ2n) is 3.62. The molecule has 0 amide bonds. The second kappa shape index (κ2) is 3.30. The third-order valence-corrected chi connectivity index (χ3v) is 4.22. The minimum absolute atomic E-state index is 0.0497. The van der Waals surface area contributed by atoms with E-state index in [4.69, 9.17) is 5.26 Å². The number of halogens is 1. The van der Waals surface area contributed by atoms with Gasteiger partial charge in [0.15, 0.2) is 0 Å². The third kappa shape index (κ3) is 1.69. The molecule has 2 heteroatoms. The number of hydrogen-bond acceptors (Lipinski definition) is 1. The highest BCUT2D eigenvalue weighted by Crippen LogP contribution is 2.47. The molecular weight excluding hydrogens is 249 g/mol. The van der Waals surface area contributed by atoms with E-state index in [1.165, 1.54) is 6.42 Å². The number of nitriles is 1. The van der Waals surface area contributed by atoms with Crippen molar-refractivity contribution >= 4 is 22.6 Å². The Morgan fingerprint density at radius 3 is 2.73 bits per heavy atom. The molecule has 1 aliphatic rings. The minimum Gasteiger partial charge on any atom is -0.197 e. The normalized spacial score (nSPS) is 43.8. The van der Waals surface area contributed by atoms with E-state index in [0.717, 1.165) is 18.8 Å². The van der Waals surface area contributed by atoms with Crippen molar-refractivity contribution < 1.29 is 0 Å². The maximum atomic E-state index is 8.99. The molecule has 0 spiro atoms. The van der Waals surface area contributed by atoms with Gasteiger partial charge in [0.2, 0.25) is 0 Å². The Kier molecular flexibility index (Phi) is 2.79. The summed E-state index contributed by atoms with van der Waals surface area (Å²) in [7, 11) is 0. The summed E-state index contributed by atoms with van der Waals surface area (Å²) in [6.07, 6.45) is 3.48. The van der Waals surface area contributed by atoms with Crippen LogP contribution in [0.5, 0.6) is 0 Å². The van der Waals surface area contributed by atoms with E-state index in [-0.39, 0.29) is 3.42 Å². The second-order valence-corrected chi connectivity index (χ2v) is 5.55. The molecule has 0 aromatic heterocycles. The van der Waals surface area contributed by atoms with Gasteiger partial charge in [-0.1, -0.05) is 42.9 Å². The zero-order valence-electron chi connectivity index (χ0n) is 7.10. The molecule has 1 aliphatic carbocycles. The van der Waals surface area contributed by atoms with Gasteiger partial charge in [-0.3, -0.25) is 0 Å². The maximum Gasteiger partial charge on any atom is 0.111 e. The molecule has 1 rings (SSSR count). The van der Waals surface area contributed by atoms with Crippen molar-refractivity contribution in [3.05, 3.63) is 0 Å². The monoisotopic (exact) mass is 263 g/mol. The lowest BCUT2D eigenvalue weighted by Crippen LogP contribution is -2.22. The highest BCUT2D eigenvalue weighted by molar-refractivity contribution is 14.1. The largest absolute Gasteiger partial charge is 0.197 e. The highest BCUT2D eigenvalue weighted by atomic mass is 127. The molecule has 0 aromatic carbocycles. The fourth-order valence-electron chi connectivity index (χ4n) is 2.06. The van der Waals surface area contributed by atoms with Crippen molar-refractivity contribution in [2.24, 2.45) is 11.8 Å². The first kappa shape index (κ1) is 9.31. The van der Waals surface area contributed by atoms with Crippen LogP contribution in [0, 0.1) is 23.2 Å². The van der Waals surface area contributed by atoms with Crippen molar-refractivity contribution in [2.45, 2.75) is 36.5 Å². The molecule has 0 aliphatic heterocycles. The van der Waals surface area contributed by atoms with E-state index in [1.807, 2.05) is 0 Å². The highest BCUT2D eigenvalue weighted by Gasteiger charge is 2.43. The van der Waals surface area contributed by atoms with Crippen molar-refractivity contribution in [1.82, 2.24) is 0 Å². The van der Waals surface area contributed by atoms with Crippen molar-refractivity contribution in [3.63, 3.8) is 0 Å². The summed E-state index contributed by atoms with van der Waals surface area (Å²) in [6, 6.07) is 2.46. The van der Waals surface area contributed by atoms with Crippen molar-refractivity contribution in [3.8, 4) is 6.07 Å². The Bertz CT molecular complexity index is 184. The Balaban J connectivity index is 2.73. The molecule has 0 aromatic rings. The molecule has 62 valence electrons. The van der Waals surface area contributed by atoms with Crippen LogP contribution in [0.2, 0.25) is 0 Å². The first-order valence-electron chi connectivity index (χ1n) is 4.22. The van der Waals surface area contributed by atoms with Gasteiger partial charge in [0.05, 0.1) is 6.07 Å². The summed E-state index contributed by atoms with van der Waals surface area (Å²) in [6.45, 7) is 4.44. The van der Waals surface area contributed by atoms with Gasteiger partial charge in [0, 0.05) is 0 Å². The van der Waals surface area contributed by atoms with Crippen LogP contribution in [-0.4, -0.2) is 3.42 Å². The summed E-state index contributed by atoms with van der Waals surface area (Å²) in [5, 5.41) is 8.99. The van der Waals surface area contributed by atoms with Gasteiger partial charge >= 0.3 is 0 Å². The molecule has 3 atom stereocenters. The average Bonchev–Trinajstić information content (AvgIpc) is 2.27. The van der Waals surface area contributed by atoms with Crippen LogP contribution in [0.25, 0.3) is 0 Å². The molecule has 1 fully saturated rings. The number of alkyl halides is 1. The van der Waals surface area contributed by atoms with Crippen LogP contribution in [-0.2, 0) is 0 Å². The van der Waals surface area contributed by atoms with Crippen molar-refractivity contribution in [1.29, 1.82) is 5.26 Å².